The molecule has 2 aromatic rings. The maximum absolute atomic E-state index is 11.9. The van der Waals surface area contributed by atoms with Crippen LogP contribution in [0.15, 0.2) is 23.4 Å². The predicted octanol–water partition coefficient (Wildman–Crippen LogP) is 1.60. The molecule has 2 heterocycles. The lowest BCUT2D eigenvalue weighted by molar-refractivity contribution is 0.345. The van der Waals surface area contributed by atoms with Gasteiger partial charge in [-0.05, 0) is 26.7 Å². The number of aromatic nitrogens is 3. The van der Waals surface area contributed by atoms with Crippen LogP contribution in [0.1, 0.15) is 41.3 Å². The molecule has 0 radical (unpaired) electrons. The molecule has 116 valence electrons. The Morgan fingerprint density at radius 3 is 2.86 bits per heavy atom. The highest BCUT2D eigenvalue weighted by molar-refractivity contribution is 5.38. The van der Waals surface area contributed by atoms with E-state index in [0.717, 1.165) is 41.2 Å². The number of hydrogen-bond donors (Lipinski definition) is 3. The topological polar surface area (TPSA) is 96.7 Å². The Morgan fingerprint density at radius 1 is 1.36 bits per heavy atom. The number of aryl methyl sites for hydroxylation is 1. The molecule has 1 fully saturated rings. The zero-order valence-electron chi connectivity index (χ0n) is 12.9. The third kappa shape index (κ3) is 2.87. The largest absolute Gasteiger partial charge is 0.364 e. The van der Waals surface area contributed by atoms with Crippen molar-refractivity contribution < 1.29 is 0 Å². The molecule has 0 aromatic carbocycles. The average molecular weight is 299 g/mol. The van der Waals surface area contributed by atoms with Crippen molar-refractivity contribution in [3.8, 4) is 0 Å². The third-order valence-electron chi connectivity index (χ3n) is 4.34. The highest BCUT2D eigenvalue weighted by Gasteiger charge is 2.28. The molecule has 6 nitrogen and oxygen atoms in total. The molecular formula is C16H21N5O. The summed E-state index contributed by atoms with van der Waals surface area (Å²) in [7, 11) is 0. The van der Waals surface area contributed by atoms with Gasteiger partial charge in [0.2, 0.25) is 0 Å². The molecule has 0 atom stereocenters. The van der Waals surface area contributed by atoms with E-state index < -0.39 is 0 Å². The lowest BCUT2D eigenvalue weighted by atomic mass is 9.79. The Kier molecular flexibility index (Phi) is 3.94. The summed E-state index contributed by atoms with van der Waals surface area (Å²) in [6.07, 6.45) is 5.29. The minimum absolute atomic E-state index is 0.0855. The number of rotatable bonds is 4. The second-order valence-corrected chi connectivity index (χ2v) is 6.01. The van der Waals surface area contributed by atoms with Gasteiger partial charge < -0.3 is 16.0 Å². The minimum atomic E-state index is 0.0855. The lowest BCUT2D eigenvalue weighted by Crippen LogP contribution is -2.35. The van der Waals surface area contributed by atoms with Gasteiger partial charge in [0.05, 0.1) is 6.54 Å². The normalized spacial score (nSPS) is 20.5. The maximum atomic E-state index is 11.9. The fourth-order valence-electron chi connectivity index (χ4n) is 2.76. The smallest absolute Gasteiger partial charge is 0.187 e. The van der Waals surface area contributed by atoms with Crippen LogP contribution in [0.5, 0.6) is 0 Å². The van der Waals surface area contributed by atoms with Crippen LogP contribution >= 0.6 is 0 Å². The molecule has 4 N–H and O–H groups in total. The summed E-state index contributed by atoms with van der Waals surface area (Å²) < 4.78 is 0. The van der Waals surface area contributed by atoms with Crippen molar-refractivity contribution in [3.05, 3.63) is 51.3 Å². The van der Waals surface area contributed by atoms with Crippen molar-refractivity contribution >= 4 is 5.82 Å². The van der Waals surface area contributed by atoms with Gasteiger partial charge >= 0.3 is 0 Å². The predicted molar refractivity (Wildman–Crippen MR) is 85.8 cm³/mol. The number of nitrogens with zero attached hydrogens (tertiary/aromatic N) is 2. The van der Waals surface area contributed by atoms with E-state index >= 15 is 0 Å². The highest BCUT2D eigenvalue weighted by atomic mass is 16.1. The van der Waals surface area contributed by atoms with E-state index in [-0.39, 0.29) is 5.43 Å². The van der Waals surface area contributed by atoms with Crippen LogP contribution in [0.25, 0.3) is 0 Å². The number of hydrogen-bond acceptors (Lipinski definition) is 5. The molecule has 0 saturated heterocycles. The van der Waals surface area contributed by atoms with Crippen LogP contribution in [-0.4, -0.2) is 21.0 Å². The van der Waals surface area contributed by atoms with Gasteiger partial charge in [-0.15, -0.1) is 0 Å². The molecule has 0 aliphatic heterocycles. The van der Waals surface area contributed by atoms with Crippen molar-refractivity contribution in [1.82, 2.24) is 15.0 Å². The first-order valence-electron chi connectivity index (χ1n) is 7.53. The zero-order valence-corrected chi connectivity index (χ0v) is 12.9. The van der Waals surface area contributed by atoms with Crippen molar-refractivity contribution in [2.75, 3.05) is 5.32 Å². The minimum Gasteiger partial charge on any atom is -0.364 e. The Morgan fingerprint density at radius 2 is 2.14 bits per heavy atom. The molecule has 1 aliphatic rings. The van der Waals surface area contributed by atoms with Gasteiger partial charge in [-0.2, -0.15) is 0 Å². The van der Waals surface area contributed by atoms with Gasteiger partial charge in [0.15, 0.2) is 5.43 Å². The van der Waals surface area contributed by atoms with E-state index in [1.807, 2.05) is 19.9 Å². The zero-order chi connectivity index (χ0) is 15.7. The molecular weight excluding hydrogens is 278 g/mol. The Bertz CT molecular complexity index is 734. The van der Waals surface area contributed by atoms with Gasteiger partial charge in [0.25, 0.3) is 0 Å². The number of aromatic amines is 1. The van der Waals surface area contributed by atoms with Crippen molar-refractivity contribution in [3.63, 3.8) is 0 Å². The van der Waals surface area contributed by atoms with E-state index in [9.17, 15) is 4.79 Å². The fourth-order valence-corrected chi connectivity index (χ4v) is 2.76. The summed E-state index contributed by atoms with van der Waals surface area (Å²) in [6.45, 7) is 4.18. The quantitative estimate of drug-likeness (QED) is 0.796. The van der Waals surface area contributed by atoms with E-state index in [1.54, 1.807) is 12.5 Å². The second kappa shape index (κ2) is 5.88. The van der Waals surface area contributed by atoms with Crippen LogP contribution in [0.3, 0.4) is 0 Å². The van der Waals surface area contributed by atoms with Crippen molar-refractivity contribution in [2.24, 2.45) is 5.73 Å². The second-order valence-electron chi connectivity index (χ2n) is 6.01. The van der Waals surface area contributed by atoms with Crippen LogP contribution < -0.4 is 16.5 Å². The molecule has 0 spiro atoms. The summed E-state index contributed by atoms with van der Waals surface area (Å²) in [5, 5.41) is 3.25. The lowest BCUT2D eigenvalue weighted by Gasteiger charge is -2.31. The maximum Gasteiger partial charge on any atom is 0.187 e. The first-order chi connectivity index (χ1) is 10.5. The van der Waals surface area contributed by atoms with Crippen LogP contribution in [0.4, 0.5) is 5.82 Å². The number of anilines is 1. The molecule has 2 aromatic heterocycles. The van der Waals surface area contributed by atoms with Crippen molar-refractivity contribution in [2.45, 2.75) is 45.2 Å². The molecule has 0 bridgehead atoms. The average Bonchev–Trinajstić information content (AvgIpc) is 2.49. The molecule has 3 rings (SSSR count). The molecule has 0 amide bonds. The first-order valence-corrected chi connectivity index (χ1v) is 7.53. The SMILES string of the molecule is Cc1c[nH]c(CNc2cc(C3CC(N)C3)ncn2)c(C)c1=O. The molecule has 6 heteroatoms. The van der Waals surface area contributed by atoms with E-state index in [2.05, 4.69) is 20.3 Å². The van der Waals surface area contributed by atoms with E-state index in [4.69, 9.17) is 5.73 Å². The molecule has 0 unspecified atom stereocenters. The summed E-state index contributed by atoms with van der Waals surface area (Å²) in [5.74, 6) is 1.21. The molecule has 1 saturated carbocycles. The van der Waals surface area contributed by atoms with Gasteiger partial charge in [-0.25, -0.2) is 9.97 Å². The van der Waals surface area contributed by atoms with E-state index in [1.165, 1.54) is 0 Å². The van der Waals surface area contributed by atoms with E-state index in [0.29, 0.717) is 18.5 Å². The molecule has 1 aliphatic carbocycles. The van der Waals surface area contributed by atoms with Gasteiger partial charge in [-0.1, -0.05) is 0 Å². The Labute approximate surface area is 129 Å². The Balaban J connectivity index is 1.70. The van der Waals surface area contributed by atoms with Crippen LogP contribution in [0, 0.1) is 13.8 Å². The summed E-state index contributed by atoms with van der Waals surface area (Å²) in [6, 6.07) is 2.27. The number of H-pyrrole nitrogens is 1. The Hall–Kier alpha value is -2.21. The van der Waals surface area contributed by atoms with Gasteiger partial charge in [-0.3, -0.25) is 4.79 Å². The third-order valence-corrected chi connectivity index (χ3v) is 4.34. The number of pyridine rings is 1. The van der Waals surface area contributed by atoms with Crippen LogP contribution in [-0.2, 0) is 6.54 Å². The van der Waals surface area contributed by atoms with Crippen molar-refractivity contribution in [1.29, 1.82) is 0 Å². The standard InChI is InChI=1S/C16H21N5O/c1-9-6-18-14(10(2)16(9)22)7-19-15-5-13(20-8-21-15)11-3-12(17)4-11/h5-6,8,11-12H,3-4,7,17H2,1-2H3,(H,18,22)(H,19,20,21). The van der Waals surface area contributed by atoms with Gasteiger partial charge in [0.1, 0.15) is 12.1 Å². The fraction of sp³-hybridized carbons (Fsp3) is 0.438. The summed E-state index contributed by atoms with van der Waals surface area (Å²) in [4.78, 5) is 23.7. The molecule has 22 heavy (non-hydrogen) atoms. The summed E-state index contributed by atoms with van der Waals surface area (Å²) >= 11 is 0. The summed E-state index contributed by atoms with van der Waals surface area (Å²) in [5.41, 5.74) is 9.30. The first kappa shape index (κ1) is 14.7. The number of nitrogens with two attached hydrogens (primary N) is 1. The highest BCUT2D eigenvalue weighted by Crippen LogP contribution is 2.34. The van der Waals surface area contributed by atoms with Crippen LogP contribution in [0.2, 0.25) is 0 Å². The monoisotopic (exact) mass is 299 g/mol. The van der Waals surface area contributed by atoms with Gasteiger partial charge in [0, 0.05) is 46.7 Å². The number of nitrogens with one attached hydrogen (secondary N) is 2.